The molecular weight excluding hydrogens is 372 g/mol. The second-order valence-corrected chi connectivity index (χ2v) is 9.17. The molecule has 0 unspecified atom stereocenters. The molecule has 0 N–H and O–H groups in total. The third-order valence-corrected chi connectivity index (χ3v) is 6.48. The summed E-state index contributed by atoms with van der Waals surface area (Å²) in [6.07, 6.45) is 8.26. The molecule has 2 saturated carbocycles. The van der Waals surface area contributed by atoms with Crippen molar-refractivity contribution in [2.24, 2.45) is 11.8 Å². The molecule has 2 heterocycles. The summed E-state index contributed by atoms with van der Waals surface area (Å²) in [5, 5.41) is 4.79. The van der Waals surface area contributed by atoms with Gasteiger partial charge in [-0.25, -0.2) is 4.98 Å². The van der Waals surface area contributed by atoms with Gasteiger partial charge in [0.2, 0.25) is 0 Å². The van der Waals surface area contributed by atoms with Crippen LogP contribution >= 0.6 is 0 Å². The molecule has 0 amide bonds. The Balaban J connectivity index is 1.68. The quantitative estimate of drug-likeness (QED) is 0.517. The lowest BCUT2D eigenvalue weighted by Gasteiger charge is -2.25. The van der Waals surface area contributed by atoms with Crippen molar-refractivity contribution in [3.8, 4) is 16.9 Å². The Kier molecular flexibility index (Phi) is 4.92. The first-order chi connectivity index (χ1) is 14.6. The molecule has 0 radical (unpaired) electrons. The first-order valence-corrected chi connectivity index (χ1v) is 11.4. The maximum absolute atomic E-state index is 5.78. The van der Waals surface area contributed by atoms with E-state index in [9.17, 15) is 0 Å². The van der Waals surface area contributed by atoms with Crippen LogP contribution in [0.15, 0.2) is 24.4 Å². The van der Waals surface area contributed by atoms with Crippen LogP contribution in [0.4, 0.5) is 5.82 Å². The number of aryl methyl sites for hydroxylation is 3. The van der Waals surface area contributed by atoms with Gasteiger partial charge in [0.05, 0.1) is 12.8 Å². The van der Waals surface area contributed by atoms with Gasteiger partial charge in [0.15, 0.2) is 11.5 Å². The van der Waals surface area contributed by atoms with Crippen molar-refractivity contribution < 1.29 is 4.74 Å². The average molecular weight is 405 g/mol. The van der Waals surface area contributed by atoms with Crippen LogP contribution < -0.4 is 9.64 Å². The molecule has 0 spiro atoms. The molecule has 0 saturated heterocycles. The molecular formula is C25H32N4O. The Morgan fingerprint density at radius 3 is 2.40 bits per heavy atom. The minimum Gasteiger partial charge on any atom is -0.496 e. The SMILES string of the molecule is CCc1nc2c(-c3c(C)cc(C)cc3OC)ccnn2c1N(CC1CC1)CC1CC1. The number of hydrogen-bond donors (Lipinski definition) is 0. The zero-order valence-electron chi connectivity index (χ0n) is 18.6. The van der Waals surface area contributed by atoms with E-state index in [1.807, 2.05) is 6.20 Å². The highest BCUT2D eigenvalue weighted by atomic mass is 16.5. The second kappa shape index (κ2) is 7.60. The molecule has 2 aliphatic rings. The molecule has 0 bridgehead atoms. The van der Waals surface area contributed by atoms with E-state index in [0.29, 0.717) is 0 Å². The highest BCUT2D eigenvalue weighted by Crippen LogP contribution is 2.40. The van der Waals surface area contributed by atoms with E-state index in [4.69, 9.17) is 14.8 Å². The molecule has 30 heavy (non-hydrogen) atoms. The minimum absolute atomic E-state index is 0.835. The summed E-state index contributed by atoms with van der Waals surface area (Å²) in [4.78, 5) is 7.71. The molecule has 3 aromatic rings. The van der Waals surface area contributed by atoms with Crippen molar-refractivity contribution in [1.29, 1.82) is 0 Å². The van der Waals surface area contributed by atoms with E-state index in [-0.39, 0.29) is 0 Å². The molecule has 2 fully saturated rings. The lowest BCUT2D eigenvalue weighted by atomic mass is 9.98. The monoisotopic (exact) mass is 404 g/mol. The Labute approximate surface area is 179 Å². The lowest BCUT2D eigenvalue weighted by molar-refractivity contribution is 0.416. The van der Waals surface area contributed by atoms with Crippen LogP contribution in [-0.2, 0) is 6.42 Å². The van der Waals surface area contributed by atoms with Gasteiger partial charge in [0.25, 0.3) is 0 Å². The van der Waals surface area contributed by atoms with Crippen molar-refractivity contribution in [2.45, 2.75) is 52.9 Å². The van der Waals surface area contributed by atoms with Crippen LogP contribution in [0.1, 0.15) is 49.4 Å². The number of ether oxygens (including phenoxy) is 1. The van der Waals surface area contributed by atoms with E-state index in [1.165, 1.54) is 42.6 Å². The van der Waals surface area contributed by atoms with Crippen molar-refractivity contribution in [3.05, 3.63) is 41.2 Å². The third-order valence-electron chi connectivity index (χ3n) is 6.48. The number of aromatic nitrogens is 3. The first-order valence-electron chi connectivity index (χ1n) is 11.4. The normalized spacial score (nSPS) is 16.3. The fourth-order valence-electron chi connectivity index (χ4n) is 4.64. The smallest absolute Gasteiger partial charge is 0.164 e. The highest BCUT2D eigenvalue weighted by molar-refractivity contribution is 5.85. The van der Waals surface area contributed by atoms with E-state index < -0.39 is 0 Å². The van der Waals surface area contributed by atoms with Crippen LogP contribution in [0, 0.1) is 25.7 Å². The summed E-state index contributed by atoms with van der Waals surface area (Å²) in [6.45, 7) is 8.73. The van der Waals surface area contributed by atoms with Crippen molar-refractivity contribution in [3.63, 3.8) is 0 Å². The number of anilines is 1. The molecule has 2 aliphatic carbocycles. The van der Waals surface area contributed by atoms with Crippen molar-refractivity contribution >= 4 is 11.5 Å². The van der Waals surface area contributed by atoms with Crippen molar-refractivity contribution in [2.75, 3.05) is 25.1 Å². The number of nitrogens with zero attached hydrogens (tertiary/aromatic N) is 4. The van der Waals surface area contributed by atoms with Crippen molar-refractivity contribution in [1.82, 2.24) is 14.6 Å². The predicted octanol–water partition coefficient (Wildman–Crippen LogP) is 5.21. The van der Waals surface area contributed by atoms with Crippen LogP contribution in [0.2, 0.25) is 0 Å². The van der Waals surface area contributed by atoms with Crippen LogP contribution in [0.25, 0.3) is 16.8 Å². The highest BCUT2D eigenvalue weighted by Gasteiger charge is 2.32. The topological polar surface area (TPSA) is 42.7 Å². The zero-order chi connectivity index (χ0) is 20.8. The van der Waals surface area contributed by atoms with Crippen LogP contribution in [0.3, 0.4) is 0 Å². The van der Waals surface area contributed by atoms with Gasteiger partial charge in [0.1, 0.15) is 5.75 Å². The number of benzene rings is 1. The maximum atomic E-state index is 5.78. The molecule has 1 aromatic carbocycles. The summed E-state index contributed by atoms with van der Waals surface area (Å²) < 4.78 is 7.87. The largest absolute Gasteiger partial charge is 0.496 e. The predicted molar refractivity (Wildman–Crippen MR) is 121 cm³/mol. The summed E-state index contributed by atoms with van der Waals surface area (Å²) in [5.41, 5.74) is 6.71. The van der Waals surface area contributed by atoms with Gasteiger partial charge in [-0.15, -0.1) is 0 Å². The van der Waals surface area contributed by atoms with Gasteiger partial charge in [-0.2, -0.15) is 9.61 Å². The van der Waals surface area contributed by atoms with E-state index in [1.54, 1.807) is 7.11 Å². The number of hydrogen-bond acceptors (Lipinski definition) is 4. The van der Waals surface area contributed by atoms with Gasteiger partial charge >= 0.3 is 0 Å². The van der Waals surface area contributed by atoms with E-state index in [0.717, 1.165) is 59.6 Å². The first kappa shape index (κ1) is 19.4. The molecule has 2 aromatic heterocycles. The Morgan fingerprint density at radius 1 is 1.10 bits per heavy atom. The fraction of sp³-hybridized carbons (Fsp3) is 0.520. The molecule has 0 atom stereocenters. The number of methoxy groups -OCH3 is 1. The number of rotatable bonds is 8. The zero-order valence-corrected chi connectivity index (χ0v) is 18.6. The van der Waals surface area contributed by atoms with Crippen LogP contribution in [-0.4, -0.2) is 34.8 Å². The second-order valence-electron chi connectivity index (χ2n) is 9.17. The summed E-state index contributed by atoms with van der Waals surface area (Å²) in [6, 6.07) is 6.40. The summed E-state index contributed by atoms with van der Waals surface area (Å²) in [7, 11) is 1.75. The van der Waals surface area contributed by atoms with Gasteiger partial charge in [-0.05, 0) is 81.0 Å². The lowest BCUT2D eigenvalue weighted by Crippen LogP contribution is -2.30. The molecule has 0 aliphatic heterocycles. The molecule has 158 valence electrons. The standard InChI is InChI=1S/C25H32N4O/c1-5-21-25(28(14-18-6-7-18)15-19-8-9-19)29-24(27-21)20(10-11-26-29)23-17(3)12-16(2)13-22(23)30-4/h10-13,18-19H,5-9,14-15H2,1-4H3. The van der Waals surface area contributed by atoms with Gasteiger partial charge in [-0.1, -0.05) is 13.0 Å². The number of fused-ring (bicyclic) bond motifs is 1. The molecule has 5 nitrogen and oxygen atoms in total. The Hall–Kier alpha value is -2.56. The fourth-order valence-corrected chi connectivity index (χ4v) is 4.64. The summed E-state index contributed by atoms with van der Waals surface area (Å²) in [5.74, 6) is 3.77. The Morgan fingerprint density at radius 2 is 1.80 bits per heavy atom. The Bertz CT molecular complexity index is 1060. The van der Waals surface area contributed by atoms with Crippen LogP contribution in [0.5, 0.6) is 5.75 Å². The van der Waals surface area contributed by atoms with Gasteiger partial charge in [0, 0.05) is 30.4 Å². The maximum Gasteiger partial charge on any atom is 0.164 e. The van der Waals surface area contributed by atoms with Gasteiger partial charge in [-0.3, -0.25) is 0 Å². The third kappa shape index (κ3) is 3.55. The number of imidazole rings is 1. The van der Waals surface area contributed by atoms with Gasteiger partial charge < -0.3 is 9.64 Å². The summed E-state index contributed by atoms with van der Waals surface area (Å²) >= 11 is 0. The average Bonchev–Trinajstić information content (AvgIpc) is 3.66. The minimum atomic E-state index is 0.835. The molecule has 5 heteroatoms. The van der Waals surface area contributed by atoms with E-state index in [2.05, 4.69) is 48.4 Å². The van der Waals surface area contributed by atoms with E-state index >= 15 is 0 Å². The molecule has 5 rings (SSSR count).